The summed E-state index contributed by atoms with van der Waals surface area (Å²) in [6.07, 6.45) is 5.17. The van der Waals surface area contributed by atoms with Crippen molar-refractivity contribution in [3.05, 3.63) is 43.9 Å². The van der Waals surface area contributed by atoms with Crippen molar-refractivity contribution in [2.75, 3.05) is 0 Å². The van der Waals surface area contributed by atoms with Gasteiger partial charge >= 0.3 is 0 Å². The topological polar surface area (TPSA) is 0 Å². The Hall–Kier alpha value is 0.194. The van der Waals surface area contributed by atoms with Gasteiger partial charge in [-0.3, -0.25) is 0 Å². The van der Waals surface area contributed by atoms with Crippen LogP contribution in [0.4, 0.5) is 0 Å². The van der Waals surface area contributed by atoms with Crippen LogP contribution in [-0.2, 0) is 32.7 Å². The van der Waals surface area contributed by atoms with Crippen molar-refractivity contribution in [1.82, 2.24) is 0 Å². The second kappa shape index (κ2) is 16.1. The molecule has 0 heterocycles. The maximum atomic E-state index is 3.62. The van der Waals surface area contributed by atoms with Crippen LogP contribution in [0, 0.1) is 6.92 Å². The Labute approximate surface area is 90.0 Å². The van der Waals surface area contributed by atoms with Crippen LogP contribution in [0.2, 0.25) is 0 Å². The van der Waals surface area contributed by atoms with Crippen LogP contribution in [0.25, 0.3) is 0 Å². The second-order valence-electron chi connectivity index (χ2n) is 1.18. The molecule has 10 heavy (non-hydrogen) atoms. The van der Waals surface area contributed by atoms with Crippen LogP contribution >= 0.6 is 0 Å². The summed E-state index contributed by atoms with van der Waals surface area (Å²) in [4.78, 5) is 0. The fraction of sp³-hybridized carbons (Fsp3) is 0.222. The first kappa shape index (κ1) is 16.6. The molecular formula is C9H15Y-. The molecule has 0 rings (SSSR count). The van der Waals surface area contributed by atoms with Gasteiger partial charge in [-0.05, 0) is 0 Å². The van der Waals surface area contributed by atoms with Crippen molar-refractivity contribution >= 4 is 0 Å². The van der Waals surface area contributed by atoms with Gasteiger partial charge in [0.25, 0.3) is 0 Å². The van der Waals surface area contributed by atoms with Crippen molar-refractivity contribution in [3.63, 3.8) is 0 Å². The fourth-order valence-corrected chi connectivity index (χ4v) is 0.219. The first-order valence-corrected chi connectivity index (χ1v) is 3.08. The van der Waals surface area contributed by atoms with E-state index in [4.69, 9.17) is 0 Å². The first-order chi connectivity index (χ1) is 4.31. The van der Waals surface area contributed by atoms with Gasteiger partial charge in [-0.1, -0.05) is 13.8 Å². The average molecular weight is 212 g/mol. The van der Waals surface area contributed by atoms with E-state index < -0.39 is 0 Å². The minimum Gasteiger partial charge on any atom is -0.199 e. The van der Waals surface area contributed by atoms with Gasteiger partial charge < -0.3 is 0 Å². The van der Waals surface area contributed by atoms with Crippen molar-refractivity contribution < 1.29 is 32.7 Å². The minimum absolute atomic E-state index is 0. The van der Waals surface area contributed by atoms with Crippen molar-refractivity contribution in [3.8, 4) is 0 Å². The van der Waals surface area contributed by atoms with Gasteiger partial charge in [-0.2, -0.15) is 31.2 Å². The van der Waals surface area contributed by atoms with E-state index in [0.717, 1.165) is 5.57 Å². The van der Waals surface area contributed by atoms with Crippen LogP contribution in [0.3, 0.4) is 0 Å². The Balaban J connectivity index is -0.000000149. The molecule has 0 unspecified atom stereocenters. The second-order valence-corrected chi connectivity index (χ2v) is 1.18. The molecular weight excluding hydrogens is 197 g/mol. The molecule has 0 aromatic heterocycles. The molecule has 55 valence electrons. The zero-order chi connectivity index (χ0) is 7.70. The predicted molar refractivity (Wildman–Crippen MR) is 45.2 cm³/mol. The molecule has 0 aromatic rings. The molecule has 0 spiro atoms. The van der Waals surface area contributed by atoms with Gasteiger partial charge in [0.05, 0.1) is 0 Å². The first-order valence-electron chi connectivity index (χ1n) is 3.08. The fourth-order valence-electron chi connectivity index (χ4n) is 0.219. The third kappa shape index (κ3) is 15.7. The van der Waals surface area contributed by atoms with Gasteiger partial charge in [-0.15, -0.1) is 12.7 Å². The van der Waals surface area contributed by atoms with Gasteiger partial charge in [0.1, 0.15) is 0 Å². The van der Waals surface area contributed by atoms with Crippen molar-refractivity contribution in [2.24, 2.45) is 0 Å². The van der Waals surface area contributed by atoms with Gasteiger partial charge in [-0.25, -0.2) is 0 Å². The molecule has 0 atom stereocenters. The van der Waals surface area contributed by atoms with Gasteiger partial charge in [0.15, 0.2) is 0 Å². The zero-order valence-electron chi connectivity index (χ0n) is 6.93. The predicted octanol–water partition coefficient (Wildman–Crippen LogP) is 3.14. The smallest absolute Gasteiger partial charge is 0 e. The summed E-state index contributed by atoms with van der Waals surface area (Å²) in [6.45, 7) is 14.6. The molecule has 0 fully saturated rings. The number of hydrogen-bond donors (Lipinski definition) is 0. The molecule has 0 saturated carbocycles. The largest absolute Gasteiger partial charge is 0.199 e. The molecule has 1 heteroatoms. The molecule has 0 bridgehead atoms. The Morgan fingerprint density at radius 1 is 1.30 bits per heavy atom. The molecule has 0 N–H and O–H groups in total. The molecule has 0 nitrogen and oxygen atoms in total. The van der Waals surface area contributed by atoms with Crippen molar-refractivity contribution in [2.45, 2.75) is 13.8 Å². The molecule has 0 aliphatic heterocycles. The molecule has 0 saturated heterocycles. The third-order valence-corrected chi connectivity index (χ3v) is 0.594. The standard InChI is InChI=1S/C7H9.C2H6.Y/c1-4-6-7(3)5-2;1-2;/h4-6H,1-3H2;1-2H3;/q-1;;/b7-6-;;. The van der Waals surface area contributed by atoms with Crippen LogP contribution < -0.4 is 0 Å². The third-order valence-electron chi connectivity index (χ3n) is 0.594. The average Bonchev–Trinajstić information content (AvgIpc) is 1.93. The molecule has 0 aliphatic carbocycles. The maximum Gasteiger partial charge on any atom is 0 e. The number of allylic oxidation sites excluding steroid dienone is 4. The number of hydrogen-bond acceptors (Lipinski definition) is 0. The van der Waals surface area contributed by atoms with E-state index in [0.29, 0.717) is 0 Å². The summed E-state index contributed by atoms with van der Waals surface area (Å²) in [7, 11) is 0. The quantitative estimate of drug-likeness (QED) is 0.487. The van der Waals surface area contributed by atoms with Crippen LogP contribution in [0.15, 0.2) is 37.0 Å². The summed E-state index contributed by atoms with van der Waals surface area (Å²) in [5.74, 6) is 0. The maximum absolute atomic E-state index is 3.62. The van der Waals surface area contributed by atoms with E-state index in [1.165, 1.54) is 0 Å². The summed E-state index contributed by atoms with van der Waals surface area (Å²) in [5.41, 5.74) is 0.898. The summed E-state index contributed by atoms with van der Waals surface area (Å²) in [6, 6.07) is 0. The monoisotopic (exact) mass is 212 g/mol. The van der Waals surface area contributed by atoms with Gasteiger partial charge in [0, 0.05) is 32.7 Å². The van der Waals surface area contributed by atoms with Crippen molar-refractivity contribution in [1.29, 1.82) is 0 Å². The van der Waals surface area contributed by atoms with E-state index in [-0.39, 0.29) is 32.7 Å². The SMILES string of the molecule is C=C/C=C(/[CH2-])C=C.CC.[Y]. The molecule has 0 amide bonds. The Morgan fingerprint density at radius 3 is 1.80 bits per heavy atom. The van der Waals surface area contributed by atoms with E-state index in [1.54, 1.807) is 18.2 Å². The normalized spacial score (nSPS) is 8.00. The Morgan fingerprint density at radius 2 is 1.70 bits per heavy atom. The molecule has 1 radical (unpaired) electrons. The summed E-state index contributed by atoms with van der Waals surface area (Å²) >= 11 is 0. The summed E-state index contributed by atoms with van der Waals surface area (Å²) in [5, 5.41) is 0. The van der Waals surface area contributed by atoms with Crippen LogP contribution in [0.1, 0.15) is 13.8 Å². The van der Waals surface area contributed by atoms with Crippen LogP contribution in [0.5, 0.6) is 0 Å². The van der Waals surface area contributed by atoms with E-state index >= 15 is 0 Å². The van der Waals surface area contributed by atoms with E-state index in [9.17, 15) is 0 Å². The molecule has 0 aromatic carbocycles. The summed E-state index contributed by atoms with van der Waals surface area (Å²) < 4.78 is 0. The van der Waals surface area contributed by atoms with Gasteiger partial charge in [0.2, 0.25) is 0 Å². The van der Waals surface area contributed by atoms with Crippen LogP contribution in [-0.4, -0.2) is 0 Å². The minimum atomic E-state index is 0. The number of rotatable bonds is 2. The molecule has 0 aliphatic rings. The zero-order valence-corrected chi connectivity index (χ0v) is 9.77. The Kier molecular flexibility index (Phi) is 26.8. The van der Waals surface area contributed by atoms with E-state index in [2.05, 4.69) is 20.1 Å². The Bertz CT molecular complexity index is 101. The van der Waals surface area contributed by atoms with E-state index in [1.807, 2.05) is 13.8 Å².